The van der Waals surface area contributed by atoms with Crippen LogP contribution in [0.2, 0.25) is 0 Å². The molecule has 0 saturated heterocycles. The van der Waals surface area contributed by atoms with Crippen LogP contribution < -0.4 is 39.1 Å². The van der Waals surface area contributed by atoms with Crippen molar-refractivity contribution in [3.05, 3.63) is 105 Å². The summed E-state index contributed by atoms with van der Waals surface area (Å²) < 4.78 is 145. The summed E-state index contributed by atoms with van der Waals surface area (Å²) in [6, 6.07) is 16.1. The summed E-state index contributed by atoms with van der Waals surface area (Å²) in [5, 5.41) is 27.1. The largest absolute Gasteiger partial charge is 0.496 e. The fourth-order valence-corrected chi connectivity index (χ4v) is 12.7. The molecule has 0 heterocycles. The van der Waals surface area contributed by atoms with Crippen LogP contribution in [-0.2, 0) is 95.0 Å². The summed E-state index contributed by atoms with van der Waals surface area (Å²) in [6.07, 6.45) is 5.96. The van der Waals surface area contributed by atoms with Crippen molar-refractivity contribution in [1.29, 1.82) is 0 Å². The molecule has 0 aromatic heterocycles. The Labute approximate surface area is 517 Å². The Kier molecular flexibility index (Phi) is 34.5. The maximum atomic E-state index is 13.0. The molecular formula is C59H86N2O23P2S2. The normalized spacial score (nSPS) is 11.9. The fourth-order valence-electron chi connectivity index (χ4n) is 8.07. The molecule has 492 valence electrons. The maximum Gasteiger partial charge on any atom is 0.474 e. The molecule has 4 rings (SSSR count). The van der Waals surface area contributed by atoms with Gasteiger partial charge in [0, 0.05) is 17.2 Å². The molecule has 25 nitrogen and oxygen atoms in total. The van der Waals surface area contributed by atoms with E-state index >= 15 is 0 Å². The molecule has 29 heteroatoms. The number of hydrogen-bond donors (Lipinski definition) is 4. The highest BCUT2D eigenvalue weighted by atomic mass is 32.2. The molecule has 0 aliphatic heterocycles. The summed E-state index contributed by atoms with van der Waals surface area (Å²) in [5.74, 6) is 1.14. The maximum absolute atomic E-state index is 13.0. The van der Waals surface area contributed by atoms with Crippen LogP contribution in [0.5, 0.6) is 34.5 Å². The number of ketones is 1. The predicted molar refractivity (Wildman–Crippen MR) is 335 cm³/mol. The van der Waals surface area contributed by atoms with Crippen LogP contribution in [0.3, 0.4) is 0 Å². The zero-order valence-corrected chi connectivity index (χ0v) is 55.1. The number of aliphatic hydroxyl groups is 2. The number of anilines is 2. The van der Waals surface area contributed by atoms with Gasteiger partial charge in [0.05, 0.1) is 143 Å². The van der Waals surface area contributed by atoms with Crippen LogP contribution in [0.1, 0.15) is 99.6 Å². The minimum atomic E-state index is -3.75. The quantitative estimate of drug-likeness (QED) is 0.0182. The third kappa shape index (κ3) is 27.0. The highest BCUT2D eigenvalue weighted by Crippen LogP contribution is 2.50. The molecular weight excluding hydrogens is 1230 g/mol. The molecule has 0 saturated carbocycles. The van der Waals surface area contributed by atoms with Crippen LogP contribution in [0.25, 0.3) is 12.2 Å². The number of sulfone groups is 2. The van der Waals surface area contributed by atoms with Crippen LogP contribution >= 0.6 is 15.6 Å². The van der Waals surface area contributed by atoms with Gasteiger partial charge in [0.25, 0.3) is 0 Å². The molecule has 0 fully saturated rings. The zero-order chi connectivity index (χ0) is 65.2. The number of Topliss-reactive ketones (excluding diaryl/α,β-unsaturated/α-hetero) is 1. The van der Waals surface area contributed by atoms with E-state index in [1.54, 1.807) is 88.4 Å². The highest BCUT2D eigenvalue weighted by molar-refractivity contribution is 7.93. The van der Waals surface area contributed by atoms with E-state index in [-0.39, 0.29) is 89.8 Å². The minimum absolute atomic E-state index is 0.0293. The number of unbranched alkanes of at least 4 members (excludes halogenated alkanes) is 3. The summed E-state index contributed by atoms with van der Waals surface area (Å²) in [6.45, 7) is 7.43. The number of carbonyl (C=O) groups excluding carboxylic acids is 2. The number of aliphatic hydroxyl groups excluding tert-OH is 2. The van der Waals surface area contributed by atoms with Crippen molar-refractivity contribution in [1.82, 2.24) is 0 Å². The lowest BCUT2D eigenvalue weighted by Gasteiger charge is -2.16. The second kappa shape index (κ2) is 39.8. The zero-order valence-electron chi connectivity index (χ0n) is 51.7. The van der Waals surface area contributed by atoms with Crippen LogP contribution in [0.4, 0.5) is 11.4 Å². The number of esters is 1. The number of methoxy groups -OCH3 is 6. The molecule has 0 amide bonds. The van der Waals surface area contributed by atoms with Gasteiger partial charge in [-0.15, -0.1) is 0 Å². The third-order valence-electron chi connectivity index (χ3n) is 12.2. The standard InChI is InChI=1S/C30H44NO11PS.C29H42NO12PS/c1-6-40-43(34,41-7-2)42-15-10-8-9-11-25(33)20-31-27-17-23(12-13-28(27)37-3)22-44(35,36)16-14-26-29(38-4)18-24(21-32)19-30(26)39-5;1-6-40-43(33,41-7-2)42-14-9-8-13-39-29(32)19-30-25-16-22(10-11-26(25)36-3)21-44(34,35)15-12-24-27(37-4)17-23(20-31)18-28(24)38-5/h12-14,16-19,31-32H,6-11,15,20-22H2,1-5H3;10-12,15-18,30-31H,6-9,13-14,19-21H2,1-5H3/b16-14+;15-12+. The first-order valence-electron chi connectivity index (χ1n) is 28.2. The Balaban J connectivity index is 0.000000460. The number of nitrogens with one attached hydrogen (secondary N) is 2. The smallest absolute Gasteiger partial charge is 0.474 e. The van der Waals surface area contributed by atoms with Gasteiger partial charge in [0.2, 0.25) is 0 Å². The molecule has 88 heavy (non-hydrogen) atoms. The van der Waals surface area contributed by atoms with Crippen molar-refractivity contribution in [2.75, 3.05) is 113 Å². The number of benzene rings is 4. The molecule has 4 aromatic carbocycles. The van der Waals surface area contributed by atoms with Crippen LogP contribution in [0, 0.1) is 0 Å². The number of rotatable bonds is 43. The van der Waals surface area contributed by atoms with Gasteiger partial charge in [0.1, 0.15) is 41.0 Å². The number of hydrogen-bond acceptors (Lipinski definition) is 25. The summed E-state index contributed by atoms with van der Waals surface area (Å²) >= 11 is 0. The monoisotopic (exact) mass is 1320 g/mol. The molecule has 4 N–H and O–H groups in total. The minimum Gasteiger partial charge on any atom is -0.496 e. The van der Waals surface area contributed by atoms with Crippen LogP contribution in [-0.4, -0.2) is 141 Å². The Morgan fingerprint density at radius 3 is 1.19 bits per heavy atom. The second-order valence-electron chi connectivity index (χ2n) is 18.6. The van der Waals surface area contributed by atoms with Crippen molar-refractivity contribution < 1.29 is 106 Å². The molecule has 0 aliphatic carbocycles. The van der Waals surface area contributed by atoms with Gasteiger partial charge in [-0.1, -0.05) is 18.6 Å². The molecule has 0 spiro atoms. The first-order valence-corrected chi connectivity index (χ1v) is 34.5. The van der Waals surface area contributed by atoms with E-state index in [1.807, 2.05) is 0 Å². The number of ether oxygens (including phenoxy) is 7. The molecule has 0 aliphatic rings. The van der Waals surface area contributed by atoms with E-state index in [0.29, 0.717) is 118 Å². The number of phosphoric acid groups is 2. The topological polar surface area (TPSA) is 321 Å². The Bertz CT molecular complexity index is 2930. The van der Waals surface area contributed by atoms with Crippen molar-refractivity contribution in [2.45, 2.75) is 90.9 Å². The van der Waals surface area contributed by atoms with Gasteiger partial charge < -0.3 is 54.0 Å². The lowest BCUT2D eigenvalue weighted by molar-refractivity contribution is -0.141. The van der Waals surface area contributed by atoms with E-state index in [4.69, 9.17) is 60.3 Å². The Morgan fingerprint density at radius 2 is 0.830 bits per heavy atom. The first-order chi connectivity index (χ1) is 42.1. The van der Waals surface area contributed by atoms with Gasteiger partial charge >= 0.3 is 21.6 Å². The Morgan fingerprint density at radius 1 is 0.466 bits per heavy atom. The van der Waals surface area contributed by atoms with Crippen molar-refractivity contribution in [3.63, 3.8) is 0 Å². The van der Waals surface area contributed by atoms with Crippen molar-refractivity contribution >= 4 is 70.6 Å². The summed E-state index contributed by atoms with van der Waals surface area (Å²) in [4.78, 5) is 24.8. The fraction of sp³-hybridized carbons (Fsp3) is 0.492. The van der Waals surface area contributed by atoms with E-state index < -0.39 is 41.3 Å². The predicted octanol–water partition coefficient (Wildman–Crippen LogP) is 10.3. The average Bonchev–Trinajstić information content (AvgIpc) is 3.71. The second-order valence-corrected chi connectivity index (χ2v) is 25.8. The van der Waals surface area contributed by atoms with Gasteiger partial charge in [-0.2, -0.15) is 0 Å². The van der Waals surface area contributed by atoms with E-state index in [9.17, 15) is 45.8 Å². The lowest BCUT2D eigenvalue weighted by Crippen LogP contribution is -2.18. The van der Waals surface area contributed by atoms with E-state index in [0.717, 1.165) is 10.8 Å². The summed E-state index contributed by atoms with van der Waals surface area (Å²) in [5.41, 5.74) is 3.82. The van der Waals surface area contributed by atoms with Crippen molar-refractivity contribution in [2.24, 2.45) is 0 Å². The first kappa shape index (κ1) is 76.2. The average molecular weight is 1320 g/mol. The number of carbonyl (C=O) groups is 2. The Hall–Kier alpha value is -6.06. The molecule has 0 bridgehead atoms. The van der Waals surface area contributed by atoms with Gasteiger partial charge in [-0.3, -0.25) is 36.7 Å². The highest BCUT2D eigenvalue weighted by Gasteiger charge is 2.26. The SMILES string of the molecule is CCOP(=O)(OCC)OCCCCCC(=O)CNc1cc(CS(=O)(=O)/C=C/c2c(OC)cc(CO)cc2OC)ccc1OC.CCOP(=O)(OCC)OCCCCOC(=O)CNc1cc(CS(=O)(=O)/C=C/c2c(OC)cc(CO)cc2OC)ccc1OC. The molecule has 4 aromatic rings. The van der Waals surface area contributed by atoms with Gasteiger partial charge in [0.15, 0.2) is 25.5 Å². The van der Waals surface area contributed by atoms with Gasteiger partial charge in [-0.05, 0) is 136 Å². The summed E-state index contributed by atoms with van der Waals surface area (Å²) in [7, 11) is -5.86. The lowest BCUT2D eigenvalue weighted by atomic mass is 10.1. The number of phosphoric ester groups is 2. The van der Waals surface area contributed by atoms with E-state index in [1.165, 1.54) is 54.8 Å². The third-order valence-corrected chi connectivity index (χ3v) is 18.0. The van der Waals surface area contributed by atoms with Gasteiger partial charge in [-0.25, -0.2) is 26.0 Å². The van der Waals surface area contributed by atoms with Crippen molar-refractivity contribution in [3.8, 4) is 34.5 Å². The van der Waals surface area contributed by atoms with Crippen LogP contribution in [0.15, 0.2) is 71.5 Å². The molecule has 0 atom stereocenters. The molecule has 0 unspecified atom stereocenters. The van der Waals surface area contributed by atoms with E-state index in [2.05, 4.69) is 10.6 Å². The molecule has 0 radical (unpaired) electrons.